The van der Waals surface area contributed by atoms with Crippen molar-refractivity contribution < 1.29 is 27.4 Å². The second-order valence-corrected chi connectivity index (χ2v) is 10.7. The van der Waals surface area contributed by atoms with Crippen LogP contribution < -0.4 is 23.9 Å². The molecule has 0 aliphatic carbocycles. The Labute approximate surface area is 230 Å². The van der Waals surface area contributed by atoms with E-state index in [9.17, 15) is 13.2 Å². The molecule has 0 aliphatic heterocycles. The summed E-state index contributed by atoms with van der Waals surface area (Å²) in [4.78, 5) is 12.9. The molecule has 0 spiro atoms. The zero-order chi connectivity index (χ0) is 27.7. The second-order valence-electron chi connectivity index (χ2n) is 7.95. The van der Waals surface area contributed by atoms with Crippen molar-refractivity contribution in [2.45, 2.75) is 11.8 Å². The molecule has 0 saturated carbocycles. The number of nitrogens with one attached hydrogen (secondary N) is 1. The summed E-state index contributed by atoms with van der Waals surface area (Å²) in [5, 5.41) is 3.99. The van der Waals surface area contributed by atoms with Crippen molar-refractivity contribution >= 4 is 43.8 Å². The molecule has 38 heavy (non-hydrogen) atoms. The Hall–Kier alpha value is -3.83. The minimum Gasteiger partial charge on any atom is -0.497 e. The fourth-order valence-electron chi connectivity index (χ4n) is 3.34. The van der Waals surface area contributed by atoms with Crippen LogP contribution in [-0.4, -0.2) is 47.9 Å². The fourth-order valence-corrected chi connectivity index (χ4v) is 5.34. The van der Waals surface area contributed by atoms with Gasteiger partial charge in [0.1, 0.15) is 18.9 Å². The number of hydrogen-bond donors (Lipinski definition) is 1. The molecule has 200 valence electrons. The maximum atomic E-state index is 13.5. The number of carbonyl (C=O) groups is 1. The Bertz CT molecular complexity index is 1410. The van der Waals surface area contributed by atoms with Crippen molar-refractivity contribution in [1.29, 1.82) is 0 Å². The lowest BCUT2D eigenvalue weighted by atomic mass is 10.2. The summed E-state index contributed by atoms with van der Waals surface area (Å²) in [6, 6.07) is 16.2. The van der Waals surface area contributed by atoms with Crippen molar-refractivity contribution in [3.63, 3.8) is 0 Å². The summed E-state index contributed by atoms with van der Waals surface area (Å²) in [5.41, 5.74) is 4.21. The maximum Gasteiger partial charge on any atom is 0.264 e. The van der Waals surface area contributed by atoms with E-state index < -0.39 is 22.5 Å². The predicted octanol–water partition coefficient (Wildman–Crippen LogP) is 4.69. The molecule has 11 heteroatoms. The van der Waals surface area contributed by atoms with Crippen LogP contribution >= 0.6 is 15.9 Å². The molecule has 0 unspecified atom stereocenters. The van der Waals surface area contributed by atoms with Gasteiger partial charge in [-0.25, -0.2) is 13.8 Å². The Balaban J connectivity index is 1.82. The van der Waals surface area contributed by atoms with Crippen molar-refractivity contribution in [2.24, 2.45) is 5.10 Å². The second kappa shape index (κ2) is 13.1. The van der Waals surface area contributed by atoms with Gasteiger partial charge in [0.2, 0.25) is 0 Å². The molecule has 1 N–H and O–H groups in total. The van der Waals surface area contributed by atoms with E-state index >= 15 is 0 Å². The maximum absolute atomic E-state index is 13.5. The van der Waals surface area contributed by atoms with Gasteiger partial charge in [-0.3, -0.25) is 9.10 Å². The van der Waals surface area contributed by atoms with Gasteiger partial charge in [0.25, 0.3) is 15.9 Å². The molecule has 0 radical (unpaired) electrons. The quantitative estimate of drug-likeness (QED) is 0.183. The van der Waals surface area contributed by atoms with E-state index in [2.05, 4.69) is 33.0 Å². The van der Waals surface area contributed by atoms with Gasteiger partial charge in [-0.2, -0.15) is 5.10 Å². The highest BCUT2D eigenvalue weighted by atomic mass is 79.9. The molecule has 0 aromatic heterocycles. The Morgan fingerprint density at radius 2 is 1.76 bits per heavy atom. The van der Waals surface area contributed by atoms with Crippen molar-refractivity contribution in [3.8, 4) is 17.2 Å². The minimum atomic E-state index is -4.05. The van der Waals surface area contributed by atoms with Crippen LogP contribution in [0.1, 0.15) is 11.1 Å². The van der Waals surface area contributed by atoms with Gasteiger partial charge in [-0.15, -0.1) is 0 Å². The summed E-state index contributed by atoms with van der Waals surface area (Å²) in [5.74, 6) is 0.886. The van der Waals surface area contributed by atoms with Crippen LogP contribution in [-0.2, 0) is 14.8 Å². The number of anilines is 1. The number of halogens is 1. The first kappa shape index (κ1) is 28.7. The van der Waals surface area contributed by atoms with E-state index in [4.69, 9.17) is 14.2 Å². The van der Waals surface area contributed by atoms with E-state index in [0.717, 1.165) is 9.87 Å². The molecule has 3 aromatic rings. The van der Waals surface area contributed by atoms with E-state index in [-0.39, 0.29) is 4.90 Å². The molecule has 0 aliphatic rings. The molecule has 1 amide bonds. The topological polar surface area (TPSA) is 107 Å². The number of sulfonamides is 1. The van der Waals surface area contributed by atoms with Crippen LogP contribution in [0.2, 0.25) is 0 Å². The van der Waals surface area contributed by atoms with Crippen molar-refractivity contribution in [1.82, 2.24) is 5.43 Å². The first-order valence-corrected chi connectivity index (χ1v) is 13.6. The van der Waals surface area contributed by atoms with Crippen molar-refractivity contribution in [3.05, 3.63) is 88.9 Å². The van der Waals surface area contributed by atoms with Crippen LogP contribution in [0.3, 0.4) is 0 Å². The number of benzene rings is 3. The van der Waals surface area contributed by atoms with Crippen LogP contribution in [0.15, 0.2) is 87.8 Å². The van der Waals surface area contributed by atoms with Crippen molar-refractivity contribution in [2.75, 3.05) is 31.7 Å². The Morgan fingerprint density at radius 1 is 1.08 bits per heavy atom. The predicted molar refractivity (Wildman–Crippen MR) is 151 cm³/mol. The number of carbonyl (C=O) groups excluding carboxylic acids is 1. The third kappa shape index (κ3) is 7.14. The molecule has 0 bridgehead atoms. The highest BCUT2D eigenvalue weighted by Gasteiger charge is 2.27. The molecule has 0 saturated heterocycles. The third-order valence-corrected chi connectivity index (χ3v) is 7.63. The number of ether oxygens (including phenoxy) is 3. The van der Waals surface area contributed by atoms with Gasteiger partial charge in [0.05, 0.1) is 35.5 Å². The van der Waals surface area contributed by atoms with Gasteiger partial charge in [-0.1, -0.05) is 30.4 Å². The molecule has 0 fully saturated rings. The molecule has 9 nitrogen and oxygen atoms in total. The third-order valence-electron chi connectivity index (χ3n) is 5.26. The average molecular weight is 603 g/mol. The number of nitrogens with zero attached hydrogens (tertiary/aromatic N) is 2. The molecule has 0 atom stereocenters. The Morgan fingerprint density at radius 3 is 2.37 bits per heavy atom. The van der Waals surface area contributed by atoms with E-state index in [0.29, 0.717) is 39.6 Å². The monoisotopic (exact) mass is 601 g/mol. The van der Waals surface area contributed by atoms with Crippen LogP contribution in [0.4, 0.5) is 5.69 Å². The molecular formula is C27H28BrN3O6S. The SMILES string of the molecule is C=CCOc1c(Br)cc(/C=N\NC(=O)CN(c2ccc(OC)cc2)S(=O)(=O)c2ccc(C)cc2)cc1OC. The highest BCUT2D eigenvalue weighted by Crippen LogP contribution is 2.36. The van der Waals surface area contributed by atoms with Crippen LogP contribution in [0.5, 0.6) is 17.2 Å². The number of amides is 1. The van der Waals surface area contributed by atoms with E-state index in [1.807, 2.05) is 6.92 Å². The summed E-state index contributed by atoms with van der Waals surface area (Å²) < 4.78 is 44.8. The summed E-state index contributed by atoms with van der Waals surface area (Å²) in [6.07, 6.45) is 3.03. The minimum absolute atomic E-state index is 0.0610. The van der Waals surface area contributed by atoms with Gasteiger partial charge in [0.15, 0.2) is 11.5 Å². The zero-order valence-corrected chi connectivity index (χ0v) is 23.6. The molecule has 3 aromatic carbocycles. The molecule has 3 rings (SSSR count). The number of rotatable bonds is 12. The number of hydrogen-bond acceptors (Lipinski definition) is 7. The largest absolute Gasteiger partial charge is 0.497 e. The van der Waals surface area contributed by atoms with E-state index in [1.165, 1.54) is 32.6 Å². The molecule has 0 heterocycles. The standard InChI is InChI=1S/C27H28BrN3O6S/c1-5-14-37-27-24(28)15-20(16-25(27)36-4)17-29-30-26(32)18-31(21-8-10-22(35-3)11-9-21)38(33,34)23-12-6-19(2)7-13-23/h5-13,15-17H,1,14,18H2,2-4H3,(H,30,32)/b29-17-. The van der Waals surface area contributed by atoms with Crippen LogP contribution in [0.25, 0.3) is 0 Å². The molecular weight excluding hydrogens is 574 g/mol. The van der Waals surface area contributed by atoms with E-state index in [1.54, 1.807) is 54.6 Å². The first-order valence-electron chi connectivity index (χ1n) is 11.4. The van der Waals surface area contributed by atoms with Gasteiger partial charge in [0, 0.05) is 0 Å². The summed E-state index contributed by atoms with van der Waals surface area (Å²) in [7, 11) is -1.04. The highest BCUT2D eigenvalue weighted by molar-refractivity contribution is 9.10. The lowest BCUT2D eigenvalue weighted by Crippen LogP contribution is -2.39. The lowest BCUT2D eigenvalue weighted by molar-refractivity contribution is -0.119. The number of aryl methyl sites for hydroxylation is 1. The number of hydrazone groups is 1. The Kier molecular flexibility index (Phi) is 9.91. The van der Waals surface area contributed by atoms with Gasteiger partial charge in [-0.05, 0) is 76.9 Å². The average Bonchev–Trinajstić information content (AvgIpc) is 2.91. The lowest BCUT2D eigenvalue weighted by Gasteiger charge is -2.24. The smallest absolute Gasteiger partial charge is 0.264 e. The van der Waals surface area contributed by atoms with Gasteiger partial charge >= 0.3 is 0 Å². The van der Waals surface area contributed by atoms with Gasteiger partial charge < -0.3 is 14.2 Å². The normalized spacial score (nSPS) is 11.2. The number of methoxy groups -OCH3 is 2. The summed E-state index contributed by atoms with van der Waals surface area (Å²) >= 11 is 3.44. The first-order chi connectivity index (χ1) is 18.2. The van der Waals surface area contributed by atoms with Crippen LogP contribution in [0, 0.1) is 6.92 Å². The fraction of sp³-hybridized carbons (Fsp3) is 0.185. The zero-order valence-electron chi connectivity index (χ0n) is 21.2. The summed E-state index contributed by atoms with van der Waals surface area (Å²) in [6.45, 7) is 5.29.